The molecule has 0 spiro atoms. The van der Waals surface area contributed by atoms with Gasteiger partial charge in [0.1, 0.15) is 17.9 Å². The van der Waals surface area contributed by atoms with Gasteiger partial charge in [0, 0.05) is 34.5 Å². The van der Waals surface area contributed by atoms with Crippen molar-refractivity contribution in [3.8, 4) is 5.75 Å². The number of ether oxygens (including phenoxy) is 1. The monoisotopic (exact) mass is 291 g/mol. The molecule has 0 atom stereocenters. The van der Waals surface area contributed by atoms with Crippen LogP contribution in [0, 0.1) is 13.8 Å². The molecule has 0 unspecified atom stereocenters. The van der Waals surface area contributed by atoms with Gasteiger partial charge < -0.3 is 9.15 Å². The predicted molar refractivity (Wildman–Crippen MR) is 87.1 cm³/mol. The Morgan fingerprint density at radius 2 is 2.05 bits per heavy atom. The normalized spacial score (nSPS) is 14.1. The van der Waals surface area contributed by atoms with Crippen molar-refractivity contribution < 1.29 is 9.15 Å². The molecule has 0 aliphatic carbocycles. The molecule has 2 aromatic heterocycles. The van der Waals surface area contributed by atoms with Crippen LogP contribution in [0.4, 0.5) is 0 Å². The van der Waals surface area contributed by atoms with E-state index in [-0.39, 0.29) is 0 Å². The fourth-order valence-corrected chi connectivity index (χ4v) is 3.20. The summed E-state index contributed by atoms with van der Waals surface area (Å²) in [4.78, 5) is 4.27. The molecule has 0 amide bonds. The van der Waals surface area contributed by atoms with Crippen LogP contribution in [0.3, 0.4) is 0 Å². The summed E-state index contributed by atoms with van der Waals surface area (Å²) in [5, 5.41) is 1.15. The Hall–Kier alpha value is -2.55. The lowest BCUT2D eigenvalue weighted by molar-refractivity contribution is 0.344. The van der Waals surface area contributed by atoms with Gasteiger partial charge in [-0.15, -0.1) is 0 Å². The Balaban J connectivity index is 2.06. The van der Waals surface area contributed by atoms with Gasteiger partial charge in [-0.25, -0.2) is 0 Å². The van der Waals surface area contributed by atoms with Crippen molar-refractivity contribution in [2.45, 2.75) is 20.8 Å². The summed E-state index contributed by atoms with van der Waals surface area (Å²) < 4.78 is 11.7. The Bertz CT molecular complexity index is 904. The van der Waals surface area contributed by atoms with Gasteiger partial charge in [0.2, 0.25) is 0 Å². The first-order valence-electron chi connectivity index (χ1n) is 7.41. The van der Waals surface area contributed by atoms with Gasteiger partial charge in [0.25, 0.3) is 0 Å². The summed E-state index contributed by atoms with van der Waals surface area (Å²) in [7, 11) is 0. The summed E-state index contributed by atoms with van der Waals surface area (Å²) >= 11 is 0. The van der Waals surface area contributed by atoms with Crippen LogP contribution in [-0.4, -0.2) is 11.6 Å². The molecular formula is C19H17NO2. The number of nitrogens with zero attached hydrogens (tertiary/aromatic N) is 1. The van der Waals surface area contributed by atoms with Crippen molar-refractivity contribution in [1.29, 1.82) is 0 Å². The zero-order valence-electron chi connectivity index (χ0n) is 12.9. The zero-order chi connectivity index (χ0) is 15.3. The van der Waals surface area contributed by atoms with Crippen LogP contribution in [0.5, 0.6) is 5.75 Å². The molecule has 1 aliphatic rings. The van der Waals surface area contributed by atoms with Crippen molar-refractivity contribution in [3.63, 3.8) is 0 Å². The predicted octanol–water partition coefficient (Wildman–Crippen LogP) is 4.66. The van der Waals surface area contributed by atoms with Gasteiger partial charge >= 0.3 is 0 Å². The largest absolute Gasteiger partial charge is 0.488 e. The van der Waals surface area contributed by atoms with E-state index in [4.69, 9.17) is 9.15 Å². The minimum Gasteiger partial charge on any atom is -0.488 e. The molecule has 1 aromatic carbocycles. The summed E-state index contributed by atoms with van der Waals surface area (Å²) in [5.74, 6) is 0.923. The van der Waals surface area contributed by atoms with Crippen LogP contribution in [0.1, 0.15) is 29.2 Å². The molecule has 3 aromatic rings. The lowest BCUT2D eigenvalue weighted by Crippen LogP contribution is -2.11. The molecule has 1 aliphatic heterocycles. The number of aromatic nitrogens is 1. The van der Waals surface area contributed by atoms with Gasteiger partial charge in [-0.3, -0.25) is 4.98 Å². The maximum Gasteiger partial charge on any atom is 0.140 e. The second kappa shape index (κ2) is 4.73. The van der Waals surface area contributed by atoms with Crippen molar-refractivity contribution in [3.05, 3.63) is 64.7 Å². The number of hydrogen-bond acceptors (Lipinski definition) is 3. The lowest BCUT2D eigenvalue weighted by atomic mass is 9.89. The first kappa shape index (κ1) is 13.1. The van der Waals surface area contributed by atoms with Gasteiger partial charge in [-0.2, -0.15) is 0 Å². The number of pyridine rings is 1. The molecule has 110 valence electrons. The van der Waals surface area contributed by atoms with E-state index in [1.165, 1.54) is 11.1 Å². The fourth-order valence-electron chi connectivity index (χ4n) is 3.20. The van der Waals surface area contributed by atoms with Crippen molar-refractivity contribution in [2.75, 3.05) is 6.61 Å². The molecular weight excluding hydrogens is 274 g/mol. The molecule has 0 saturated heterocycles. The van der Waals surface area contributed by atoms with Crippen molar-refractivity contribution in [1.82, 2.24) is 4.98 Å². The quantitative estimate of drug-likeness (QED) is 0.654. The molecule has 0 saturated carbocycles. The second-order valence-corrected chi connectivity index (χ2v) is 5.86. The van der Waals surface area contributed by atoms with Crippen LogP contribution in [-0.2, 0) is 0 Å². The zero-order valence-corrected chi connectivity index (χ0v) is 12.9. The van der Waals surface area contributed by atoms with E-state index in [2.05, 4.69) is 37.9 Å². The summed E-state index contributed by atoms with van der Waals surface area (Å²) in [6.07, 6.45) is 5.52. The number of rotatable bonds is 1. The molecule has 0 N–H and O–H groups in total. The average molecular weight is 291 g/mol. The number of aryl methyl sites for hydroxylation is 2. The molecule has 0 fully saturated rings. The van der Waals surface area contributed by atoms with E-state index in [9.17, 15) is 0 Å². The average Bonchev–Trinajstić information content (AvgIpc) is 2.90. The molecule has 0 bridgehead atoms. The maximum absolute atomic E-state index is 6.00. The Morgan fingerprint density at radius 3 is 2.82 bits per heavy atom. The smallest absolute Gasteiger partial charge is 0.140 e. The maximum atomic E-state index is 6.00. The molecule has 22 heavy (non-hydrogen) atoms. The van der Waals surface area contributed by atoms with E-state index in [1.54, 1.807) is 6.20 Å². The third kappa shape index (κ3) is 1.78. The molecule has 0 radical (unpaired) electrons. The highest BCUT2D eigenvalue weighted by molar-refractivity contribution is 5.95. The number of hydrogen-bond donors (Lipinski definition) is 0. The Morgan fingerprint density at radius 1 is 1.18 bits per heavy atom. The summed E-state index contributed by atoms with van der Waals surface area (Å²) in [5.41, 5.74) is 7.83. The van der Waals surface area contributed by atoms with Crippen LogP contribution in [0.25, 0.3) is 16.5 Å². The molecule has 3 heteroatoms. The standard InChI is InChI=1S/C19H17NO2/c1-11-9-21-18-13(3)19-16(7-15(11)18)17(12(2)10-22-19)14-5-4-6-20-8-14/h4-9H,10H2,1-3H3. The number of furan rings is 1. The number of fused-ring (bicyclic) bond motifs is 2. The van der Waals surface area contributed by atoms with E-state index < -0.39 is 0 Å². The highest BCUT2D eigenvalue weighted by Crippen LogP contribution is 2.43. The van der Waals surface area contributed by atoms with Crippen LogP contribution in [0.15, 0.2) is 46.8 Å². The van der Waals surface area contributed by atoms with Gasteiger partial charge in [-0.1, -0.05) is 6.07 Å². The first-order chi connectivity index (χ1) is 10.7. The minimum absolute atomic E-state index is 0.600. The lowest BCUT2D eigenvalue weighted by Gasteiger charge is -2.24. The van der Waals surface area contributed by atoms with Gasteiger partial charge in [0.05, 0.1) is 6.26 Å². The SMILES string of the molecule is CC1=C(c2cccnc2)c2cc3c(C)coc3c(C)c2OC1. The first-order valence-corrected chi connectivity index (χ1v) is 7.41. The second-order valence-electron chi connectivity index (χ2n) is 5.86. The van der Waals surface area contributed by atoms with Crippen LogP contribution in [0.2, 0.25) is 0 Å². The minimum atomic E-state index is 0.600. The summed E-state index contributed by atoms with van der Waals surface area (Å²) in [6, 6.07) is 6.25. The van der Waals surface area contributed by atoms with Crippen LogP contribution >= 0.6 is 0 Å². The van der Waals surface area contributed by atoms with Crippen molar-refractivity contribution >= 4 is 16.5 Å². The van der Waals surface area contributed by atoms with Crippen molar-refractivity contribution in [2.24, 2.45) is 0 Å². The third-order valence-corrected chi connectivity index (χ3v) is 4.32. The third-order valence-electron chi connectivity index (χ3n) is 4.32. The van der Waals surface area contributed by atoms with E-state index in [0.29, 0.717) is 6.61 Å². The van der Waals surface area contributed by atoms with E-state index >= 15 is 0 Å². The topological polar surface area (TPSA) is 35.3 Å². The molecule has 3 heterocycles. The Kier molecular flexibility index (Phi) is 2.83. The van der Waals surface area contributed by atoms with Gasteiger partial charge in [-0.05, 0) is 49.6 Å². The van der Waals surface area contributed by atoms with E-state index in [0.717, 1.165) is 39.0 Å². The summed E-state index contributed by atoms with van der Waals surface area (Å²) in [6.45, 7) is 6.85. The number of benzene rings is 1. The van der Waals surface area contributed by atoms with Gasteiger partial charge in [0.15, 0.2) is 0 Å². The van der Waals surface area contributed by atoms with Crippen LogP contribution < -0.4 is 4.74 Å². The fraction of sp³-hybridized carbons (Fsp3) is 0.211. The molecule has 3 nitrogen and oxygen atoms in total. The molecule has 4 rings (SSSR count). The highest BCUT2D eigenvalue weighted by atomic mass is 16.5. The highest BCUT2D eigenvalue weighted by Gasteiger charge is 2.24. The Labute approximate surface area is 129 Å². The van der Waals surface area contributed by atoms with E-state index in [1.807, 2.05) is 18.5 Å².